The molecule has 0 amide bonds. The van der Waals surface area contributed by atoms with Crippen molar-refractivity contribution in [1.82, 2.24) is 5.32 Å². The quantitative estimate of drug-likeness (QED) is 0.0717. The smallest absolute Gasteiger partial charge is 0.107 e. The Morgan fingerprint density at radius 3 is 0.911 bits per heavy atom. The molecule has 0 rings (SSSR count). The van der Waals surface area contributed by atoms with E-state index < -0.39 is 6.23 Å². The van der Waals surface area contributed by atoms with Crippen LogP contribution in [0.5, 0.6) is 0 Å². The van der Waals surface area contributed by atoms with E-state index in [0.29, 0.717) is 164 Å². The number of hydrogen-bond donors (Lipinski definition) is 2. The van der Waals surface area contributed by atoms with E-state index >= 15 is 0 Å². The van der Waals surface area contributed by atoms with Crippen LogP contribution >= 0.6 is 0 Å². The summed E-state index contributed by atoms with van der Waals surface area (Å²) in [5, 5.41) is 12.9. The molecule has 0 heterocycles. The van der Waals surface area contributed by atoms with E-state index in [1.807, 2.05) is 0 Å². The predicted molar refractivity (Wildman–Crippen MR) is 169 cm³/mol. The lowest BCUT2D eigenvalue weighted by Gasteiger charge is -2.15. The van der Waals surface area contributed by atoms with E-state index in [9.17, 15) is 5.11 Å². The molecule has 0 aromatic heterocycles. The number of methoxy groups -OCH3 is 1. The average molecular weight is 660 g/mol. The van der Waals surface area contributed by atoms with Crippen LogP contribution in [0.2, 0.25) is 0 Å². The average Bonchev–Trinajstić information content (AvgIpc) is 3.05. The first kappa shape index (κ1) is 44.4. The monoisotopic (exact) mass is 659 g/mol. The van der Waals surface area contributed by atoms with E-state index in [1.54, 1.807) is 7.11 Å². The Morgan fingerprint density at radius 1 is 0.422 bits per heavy atom. The number of aliphatic hydroxyl groups excluding tert-OH is 1. The Hall–Kier alpha value is -0.560. The van der Waals surface area contributed by atoms with Crippen LogP contribution in [0.15, 0.2) is 0 Å². The molecule has 0 aliphatic rings. The summed E-state index contributed by atoms with van der Waals surface area (Å²) >= 11 is 0. The minimum atomic E-state index is -0.525. The second-order valence-corrected chi connectivity index (χ2v) is 9.96. The summed E-state index contributed by atoms with van der Waals surface area (Å²) in [6, 6.07) is 0. The highest BCUT2D eigenvalue weighted by Gasteiger charge is 2.05. The van der Waals surface area contributed by atoms with Gasteiger partial charge >= 0.3 is 0 Å². The minimum absolute atomic E-state index is 0.498. The van der Waals surface area contributed by atoms with Gasteiger partial charge in [0.15, 0.2) is 0 Å². The fraction of sp³-hybridized carbons (Fsp3) is 1.00. The lowest BCUT2D eigenvalue weighted by atomic mass is 10.1. The van der Waals surface area contributed by atoms with Crippen molar-refractivity contribution >= 4 is 0 Å². The number of hydrogen-bond acceptors (Lipinski definition) is 14. The molecule has 0 saturated carbocycles. The van der Waals surface area contributed by atoms with Crippen molar-refractivity contribution in [3.8, 4) is 0 Å². The van der Waals surface area contributed by atoms with Crippen LogP contribution in [-0.2, 0) is 56.8 Å². The number of ether oxygens (including phenoxy) is 12. The first-order chi connectivity index (χ1) is 22.2. The first-order valence-electron chi connectivity index (χ1n) is 16.5. The van der Waals surface area contributed by atoms with E-state index in [0.717, 1.165) is 13.0 Å². The lowest BCUT2D eigenvalue weighted by Crippen LogP contribution is -2.33. The van der Waals surface area contributed by atoms with E-state index in [2.05, 4.69) is 19.2 Å². The van der Waals surface area contributed by atoms with E-state index in [-0.39, 0.29) is 0 Å². The van der Waals surface area contributed by atoms with Crippen molar-refractivity contribution in [3.63, 3.8) is 0 Å². The van der Waals surface area contributed by atoms with E-state index in [1.165, 1.54) is 0 Å². The van der Waals surface area contributed by atoms with Crippen LogP contribution in [0, 0.1) is 5.92 Å². The van der Waals surface area contributed by atoms with Gasteiger partial charge in [0.25, 0.3) is 0 Å². The Bertz CT molecular complexity index is 540. The molecule has 0 aliphatic heterocycles. The van der Waals surface area contributed by atoms with Gasteiger partial charge in [-0.25, -0.2) is 0 Å². The zero-order valence-corrected chi connectivity index (χ0v) is 28.4. The molecule has 2 atom stereocenters. The van der Waals surface area contributed by atoms with Crippen molar-refractivity contribution in [2.75, 3.05) is 166 Å². The standard InChI is InChI=1S/C31H65NO13/c1-4-30(2)29-32-31(33)5-6-35-9-10-37-13-14-39-17-18-41-21-22-43-25-26-45-28-27-44-24-23-42-20-19-40-16-15-38-12-11-36-8-7-34-3/h30-33H,4-29H2,1-3H3. The van der Waals surface area contributed by atoms with Crippen LogP contribution < -0.4 is 5.32 Å². The maximum atomic E-state index is 9.84. The molecule has 14 heteroatoms. The number of aliphatic hydroxyl groups is 1. The second-order valence-electron chi connectivity index (χ2n) is 9.96. The van der Waals surface area contributed by atoms with Gasteiger partial charge in [-0.2, -0.15) is 0 Å². The Labute approximate surface area is 271 Å². The first-order valence-corrected chi connectivity index (χ1v) is 16.5. The molecule has 0 radical (unpaired) electrons. The van der Waals surface area contributed by atoms with Crippen LogP contribution in [0.1, 0.15) is 26.7 Å². The summed E-state index contributed by atoms with van der Waals surface area (Å²) in [7, 11) is 1.65. The van der Waals surface area contributed by atoms with Gasteiger partial charge in [0.05, 0.1) is 152 Å². The van der Waals surface area contributed by atoms with Crippen LogP contribution in [-0.4, -0.2) is 177 Å². The predicted octanol–water partition coefficient (Wildman–Crippen LogP) is 1.16. The van der Waals surface area contributed by atoms with Gasteiger partial charge < -0.3 is 61.9 Å². The summed E-state index contributed by atoms with van der Waals surface area (Å²) < 4.78 is 64.8. The zero-order chi connectivity index (χ0) is 32.7. The van der Waals surface area contributed by atoms with Gasteiger partial charge in [0.1, 0.15) is 6.23 Å². The molecule has 0 aromatic rings. The molecule has 272 valence electrons. The van der Waals surface area contributed by atoms with E-state index in [4.69, 9.17) is 56.8 Å². The van der Waals surface area contributed by atoms with Crippen molar-refractivity contribution < 1.29 is 61.9 Å². The Morgan fingerprint density at radius 2 is 0.667 bits per heavy atom. The third-order valence-electron chi connectivity index (χ3n) is 6.09. The van der Waals surface area contributed by atoms with Crippen molar-refractivity contribution in [2.24, 2.45) is 5.92 Å². The highest BCUT2D eigenvalue weighted by Crippen LogP contribution is 1.99. The maximum Gasteiger partial charge on any atom is 0.107 e. The third-order valence-corrected chi connectivity index (χ3v) is 6.09. The molecule has 0 fully saturated rings. The largest absolute Gasteiger partial charge is 0.382 e. The van der Waals surface area contributed by atoms with Gasteiger partial charge in [0, 0.05) is 20.1 Å². The maximum absolute atomic E-state index is 9.84. The molecule has 0 bridgehead atoms. The lowest BCUT2D eigenvalue weighted by molar-refractivity contribution is -0.0283. The van der Waals surface area contributed by atoms with Crippen molar-refractivity contribution in [2.45, 2.75) is 32.9 Å². The van der Waals surface area contributed by atoms with Gasteiger partial charge in [0.2, 0.25) is 0 Å². The van der Waals surface area contributed by atoms with Gasteiger partial charge in [-0.1, -0.05) is 20.3 Å². The Balaban J connectivity index is 3.08. The molecule has 0 aromatic carbocycles. The summed E-state index contributed by atoms with van der Waals surface area (Å²) in [5.74, 6) is 0.557. The second kappa shape index (κ2) is 39.6. The third kappa shape index (κ3) is 39.5. The summed E-state index contributed by atoms with van der Waals surface area (Å²) in [4.78, 5) is 0. The Kier molecular flexibility index (Phi) is 39.1. The molecule has 2 unspecified atom stereocenters. The molecule has 0 spiro atoms. The molecule has 14 nitrogen and oxygen atoms in total. The molecular formula is C31H65NO13. The summed E-state index contributed by atoms with van der Waals surface area (Å²) in [6.07, 6.45) is 1.13. The molecule has 2 N–H and O–H groups in total. The van der Waals surface area contributed by atoms with Gasteiger partial charge in [-0.05, 0) is 5.92 Å². The SMILES string of the molecule is CCC(C)CNC(O)CCOCCOCCOCCOCCOCCOCCOCCOCCOCCOCCOCCOC. The number of nitrogens with one attached hydrogen (secondary N) is 1. The number of rotatable bonds is 40. The fourth-order valence-corrected chi connectivity index (χ4v) is 3.22. The fourth-order valence-electron chi connectivity index (χ4n) is 3.22. The summed E-state index contributed by atoms with van der Waals surface area (Å²) in [6.45, 7) is 17.1. The highest BCUT2D eigenvalue weighted by atomic mass is 16.6. The van der Waals surface area contributed by atoms with Crippen LogP contribution in [0.3, 0.4) is 0 Å². The molecule has 45 heavy (non-hydrogen) atoms. The van der Waals surface area contributed by atoms with Crippen LogP contribution in [0.25, 0.3) is 0 Å². The molecule has 0 aliphatic carbocycles. The van der Waals surface area contributed by atoms with Gasteiger partial charge in [-0.3, -0.25) is 5.32 Å². The molecule has 0 saturated heterocycles. The zero-order valence-electron chi connectivity index (χ0n) is 28.4. The highest BCUT2D eigenvalue weighted by molar-refractivity contribution is 4.58. The van der Waals surface area contributed by atoms with Gasteiger partial charge in [-0.15, -0.1) is 0 Å². The van der Waals surface area contributed by atoms with Crippen molar-refractivity contribution in [1.29, 1.82) is 0 Å². The molecular weight excluding hydrogens is 594 g/mol. The minimum Gasteiger partial charge on any atom is -0.382 e. The van der Waals surface area contributed by atoms with Crippen molar-refractivity contribution in [3.05, 3.63) is 0 Å². The van der Waals surface area contributed by atoms with Crippen LogP contribution in [0.4, 0.5) is 0 Å². The normalized spacial score (nSPS) is 13.1. The topological polar surface area (TPSA) is 143 Å². The summed E-state index contributed by atoms with van der Waals surface area (Å²) in [5.41, 5.74) is 0.